The summed E-state index contributed by atoms with van der Waals surface area (Å²) in [6.45, 7) is 3.26. The van der Waals surface area contributed by atoms with Crippen molar-refractivity contribution >= 4 is 0 Å². The van der Waals surface area contributed by atoms with Gasteiger partial charge in [-0.15, -0.1) is 0 Å². The highest BCUT2D eigenvalue weighted by atomic mass is 16.5. The minimum atomic E-state index is 0.654. The molecule has 0 atom stereocenters. The molecule has 66 valence electrons. The van der Waals surface area contributed by atoms with Gasteiger partial charge in [-0.2, -0.15) is 0 Å². The third-order valence-electron chi connectivity index (χ3n) is 2.13. The minimum Gasteiger partial charge on any atom is -0.378 e. The van der Waals surface area contributed by atoms with E-state index < -0.39 is 0 Å². The third kappa shape index (κ3) is 5.25. The molecule has 0 aliphatic heterocycles. The van der Waals surface area contributed by atoms with Gasteiger partial charge in [-0.25, -0.2) is 0 Å². The van der Waals surface area contributed by atoms with Gasteiger partial charge in [-0.1, -0.05) is 32.6 Å². The van der Waals surface area contributed by atoms with Gasteiger partial charge in [-0.05, 0) is 19.3 Å². The Bertz CT molecular complexity index is 86.9. The van der Waals surface area contributed by atoms with Gasteiger partial charge in [0.25, 0.3) is 0 Å². The van der Waals surface area contributed by atoms with Crippen LogP contribution in [0.2, 0.25) is 0 Å². The summed E-state index contributed by atoms with van der Waals surface area (Å²) in [7, 11) is 0. The van der Waals surface area contributed by atoms with E-state index in [0.29, 0.717) is 6.10 Å². The van der Waals surface area contributed by atoms with Crippen molar-refractivity contribution in [3.8, 4) is 0 Å². The van der Waals surface area contributed by atoms with E-state index in [4.69, 9.17) is 4.74 Å². The second-order valence-corrected chi connectivity index (χ2v) is 3.48. The van der Waals surface area contributed by atoms with E-state index in [-0.39, 0.29) is 0 Å². The molecule has 1 aliphatic carbocycles. The summed E-state index contributed by atoms with van der Waals surface area (Å²) in [4.78, 5) is 0. The van der Waals surface area contributed by atoms with Gasteiger partial charge in [0.1, 0.15) is 0 Å². The summed E-state index contributed by atoms with van der Waals surface area (Å²) < 4.78 is 5.53. The molecular formula is C10H20O. The molecule has 1 nitrogen and oxygen atoms in total. The largest absolute Gasteiger partial charge is 0.378 e. The standard InChI is InChI=1S/C10H20O/c1-2-3-4-5-6-9-11-10-7-8-10/h10H,2-9H2,1H3. The molecule has 0 aromatic rings. The van der Waals surface area contributed by atoms with Gasteiger partial charge in [0, 0.05) is 6.61 Å². The topological polar surface area (TPSA) is 9.23 Å². The Morgan fingerprint density at radius 1 is 1.09 bits per heavy atom. The van der Waals surface area contributed by atoms with Gasteiger partial charge in [0.2, 0.25) is 0 Å². The quantitative estimate of drug-likeness (QED) is 0.514. The first kappa shape index (κ1) is 9.05. The second kappa shape index (κ2) is 5.59. The van der Waals surface area contributed by atoms with Crippen molar-refractivity contribution in [2.24, 2.45) is 0 Å². The van der Waals surface area contributed by atoms with Crippen LogP contribution in [0, 0.1) is 0 Å². The lowest BCUT2D eigenvalue weighted by molar-refractivity contribution is 0.115. The van der Waals surface area contributed by atoms with E-state index in [1.54, 1.807) is 0 Å². The maximum atomic E-state index is 5.53. The SMILES string of the molecule is CCCCCCCOC1CC1. The number of ether oxygens (including phenoxy) is 1. The summed E-state index contributed by atoms with van der Waals surface area (Å²) in [5.74, 6) is 0. The third-order valence-corrected chi connectivity index (χ3v) is 2.13. The van der Waals surface area contributed by atoms with Crippen molar-refractivity contribution in [2.45, 2.75) is 58.0 Å². The van der Waals surface area contributed by atoms with Gasteiger partial charge < -0.3 is 4.74 Å². The average Bonchev–Trinajstić information content (AvgIpc) is 2.80. The normalized spacial score (nSPS) is 17.2. The van der Waals surface area contributed by atoms with Crippen LogP contribution in [0.15, 0.2) is 0 Å². The fourth-order valence-electron chi connectivity index (χ4n) is 1.19. The molecule has 0 bridgehead atoms. The molecular weight excluding hydrogens is 136 g/mol. The minimum absolute atomic E-state index is 0.654. The molecule has 0 saturated heterocycles. The van der Waals surface area contributed by atoms with E-state index in [1.807, 2.05) is 0 Å². The number of hydrogen-bond donors (Lipinski definition) is 0. The lowest BCUT2D eigenvalue weighted by atomic mass is 10.2. The second-order valence-electron chi connectivity index (χ2n) is 3.48. The van der Waals surface area contributed by atoms with E-state index in [2.05, 4.69) is 6.92 Å². The zero-order valence-corrected chi connectivity index (χ0v) is 7.64. The Balaban J connectivity index is 1.66. The van der Waals surface area contributed by atoms with Crippen molar-refractivity contribution in [3.05, 3.63) is 0 Å². The van der Waals surface area contributed by atoms with Crippen LogP contribution in [-0.2, 0) is 4.74 Å². The van der Waals surface area contributed by atoms with Crippen molar-refractivity contribution < 1.29 is 4.74 Å². The summed E-state index contributed by atoms with van der Waals surface area (Å²) >= 11 is 0. The summed E-state index contributed by atoms with van der Waals surface area (Å²) in [5.41, 5.74) is 0. The Labute approximate surface area is 70.1 Å². The highest BCUT2D eigenvalue weighted by Crippen LogP contribution is 2.23. The van der Waals surface area contributed by atoms with Gasteiger partial charge in [-0.3, -0.25) is 0 Å². The van der Waals surface area contributed by atoms with Crippen LogP contribution in [0.3, 0.4) is 0 Å². The molecule has 0 N–H and O–H groups in total. The maximum Gasteiger partial charge on any atom is 0.0577 e. The molecule has 1 rings (SSSR count). The van der Waals surface area contributed by atoms with Crippen LogP contribution in [0.1, 0.15) is 51.9 Å². The van der Waals surface area contributed by atoms with E-state index in [0.717, 1.165) is 6.61 Å². The zero-order chi connectivity index (χ0) is 7.94. The van der Waals surface area contributed by atoms with E-state index >= 15 is 0 Å². The molecule has 0 aromatic carbocycles. The molecule has 0 radical (unpaired) electrons. The molecule has 1 aliphatic rings. The van der Waals surface area contributed by atoms with Crippen LogP contribution in [0.5, 0.6) is 0 Å². The first-order chi connectivity index (χ1) is 5.43. The van der Waals surface area contributed by atoms with Crippen molar-refractivity contribution in [1.82, 2.24) is 0 Å². The van der Waals surface area contributed by atoms with Crippen molar-refractivity contribution in [2.75, 3.05) is 6.61 Å². The molecule has 0 aromatic heterocycles. The molecule has 1 fully saturated rings. The predicted octanol–water partition coefficient (Wildman–Crippen LogP) is 3.14. The average molecular weight is 156 g/mol. The molecule has 1 heteroatoms. The maximum absolute atomic E-state index is 5.53. The summed E-state index contributed by atoms with van der Waals surface area (Å²) in [5, 5.41) is 0. The van der Waals surface area contributed by atoms with Crippen molar-refractivity contribution in [1.29, 1.82) is 0 Å². The summed E-state index contributed by atoms with van der Waals surface area (Å²) in [6, 6.07) is 0. The zero-order valence-electron chi connectivity index (χ0n) is 7.64. The predicted molar refractivity (Wildman–Crippen MR) is 47.7 cm³/mol. The molecule has 11 heavy (non-hydrogen) atoms. The van der Waals surface area contributed by atoms with Crippen LogP contribution in [0.4, 0.5) is 0 Å². The molecule has 0 heterocycles. The molecule has 1 saturated carbocycles. The van der Waals surface area contributed by atoms with Crippen LogP contribution < -0.4 is 0 Å². The van der Waals surface area contributed by atoms with Crippen LogP contribution in [0.25, 0.3) is 0 Å². The Morgan fingerprint density at radius 2 is 1.82 bits per heavy atom. The van der Waals surface area contributed by atoms with Gasteiger partial charge in [0.05, 0.1) is 6.10 Å². The Hall–Kier alpha value is -0.0400. The number of rotatable bonds is 7. The first-order valence-electron chi connectivity index (χ1n) is 5.05. The number of unbranched alkanes of at least 4 members (excludes halogenated alkanes) is 4. The molecule has 0 unspecified atom stereocenters. The van der Waals surface area contributed by atoms with E-state index in [1.165, 1.54) is 44.9 Å². The van der Waals surface area contributed by atoms with Crippen LogP contribution in [-0.4, -0.2) is 12.7 Å². The lowest BCUT2D eigenvalue weighted by Gasteiger charge is -2.00. The van der Waals surface area contributed by atoms with Crippen molar-refractivity contribution in [3.63, 3.8) is 0 Å². The van der Waals surface area contributed by atoms with Crippen LogP contribution >= 0.6 is 0 Å². The van der Waals surface area contributed by atoms with Gasteiger partial charge >= 0.3 is 0 Å². The smallest absolute Gasteiger partial charge is 0.0577 e. The van der Waals surface area contributed by atoms with E-state index in [9.17, 15) is 0 Å². The Morgan fingerprint density at radius 3 is 2.45 bits per heavy atom. The Kier molecular flexibility index (Phi) is 4.60. The molecule has 0 amide bonds. The first-order valence-corrected chi connectivity index (χ1v) is 5.05. The number of hydrogen-bond acceptors (Lipinski definition) is 1. The summed E-state index contributed by atoms with van der Waals surface area (Å²) in [6.07, 6.45) is 10.0. The monoisotopic (exact) mass is 156 g/mol. The molecule has 0 spiro atoms. The fraction of sp³-hybridized carbons (Fsp3) is 1.00. The fourth-order valence-corrected chi connectivity index (χ4v) is 1.19. The highest BCUT2D eigenvalue weighted by Gasteiger charge is 2.21. The highest BCUT2D eigenvalue weighted by molar-refractivity contribution is 4.72. The van der Waals surface area contributed by atoms with Gasteiger partial charge in [0.15, 0.2) is 0 Å². The lowest BCUT2D eigenvalue weighted by Crippen LogP contribution is -1.95.